The number of benzene rings is 1. The second kappa shape index (κ2) is 5.02. The van der Waals surface area contributed by atoms with Crippen LogP contribution < -0.4 is 0 Å². The van der Waals surface area contributed by atoms with E-state index in [0.29, 0.717) is 6.54 Å². The lowest BCUT2D eigenvalue weighted by molar-refractivity contribution is -0.141. The van der Waals surface area contributed by atoms with Crippen molar-refractivity contribution in [2.45, 2.75) is 31.9 Å². The molecule has 1 aromatic rings. The Morgan fingerprint density at radius 1 is 1.39 bits per heavy atom. The molecule has 3 rings (SSSR count). The zero-order valence-electron chi connectivity index (χ0n) is 10.2. The van der Waals surface area contributed by atoms with E-state index in [0.717, 1.165) is 36.9 Å². The Morgan fingerprint density at radius 2 is 2.28 bits per heavy atom. The maximum atomic E-state index is 12.3. The Kier molecular flexibility index (Phi) is 3.39. The molecule has 0 saturated carbocycles. The second-order valence-electron chi connectivity index (χ2n) is 4.92. The molecule has 96 valence electrons. The molecule has 0 spiro atoms. The van der Waals surface area contributed by atoms with Gasteiger partial charge in [0.05, 0.1) is 0 Å². The van der Waals surface area contributed by atoms with E-state index in [-0.39, 0.29) is 12.0 Å². The molecule has 1 atom stereocenters. The number of amides is 1. The normalized spacial score (nSPS) is 22.9. The van der Waals surface area contributed by atoms with Crippen LogP contribution in [0.5, 0.6) is 0 Å². The van der Waals surface area contributed by atoms with Crippen LogP contribution in [0.15, 0.2) is 22.7 Å². The van der Waals surface area contributed by atoms with E-state index in [2.05, 4.69) is 34.1 Å². The minimum atomic E-state index is -0.196. The Labute approximate surface area is 115 Å². The van der Waals surface area contributed by atoms with Gasteiger partial charge in [0.25, 0.3) is 5.91 Å². The molecule has 1 fully saturated rings. The van der Waals surface area contributed by atoms with Gasteiger partial charge in [-0.2, -0.15) is 0 Å². The van der Waals surface area contributed by atoms with Crippen LogP contribution in [-0.2, 0) is 22.5 Å². The van der Waals surface area contributed by atoms with Crippen LogP contribution in [0.4, 0.5) is 0 Å². The van der Waals surface area contributed by atoms with Crippen molar-refractivity contribution in [1.82, 2.24) is 4.90 Å². The number of halogens is 1. The molecule has 2 aliphatic rings. The van der Waals surface area contributed by atoms with Gasteiger partial charge in [0.2, 0.25) is 0 Å². The monoisotopic (exact) mass is 309 g/mol. The molecular weight excluding hydrogens is 294 g/mol. The Morgan fingerprint density at radius 3 is 3.06 bits per heavy atom. The van der Waals surface area contributed by atoms with E-state index in [1.54, 1.807) is 0 Å². The molecule has 2 aliphatic heterocycles. The fourth-order valence-electron chi connectivity index (χ4n) is 2.69. The molecule has 1 aromatic carbocycles. The molecule has 2 heterocycles. The number of hydrogen-bond acceptors (Lipinski definition) is 2. The summed E-state index contributed by atoms with van der Waals surface area (Å²) in [7, 11) is 0. The number of fused-ring (bicyclic) bond motifs is 1. The van der Waals surface area contributed by atoms with E-state index in [9.17, 15) is 4.79 Å². The third-order valence-corrected chi connectivity index (χ3v) is 4.19. The predicted octanol–water partition coefficient (Wildman–Crippen LogP) is 2.51. The number of hydrogen-bond donors (Lipinski definition) is 0. The quantitative estimate of drug-likeness (QED) is 0.798. The highest BCUT2D eigenvalue weighted by Crippen LogP contribution is 2.24. The van der Waals surface area contributed by atoms with Gasteiger partial charge in [-0.1, -0.05) is 22.0 Å². The van der Waals surface area contributed by atoms with E-state index in [4.69, 9.17) is 4.74 Å². The number of carbonyl (C=O) groups excluding carboxylic acids is 1. The van der Waals surface area contributed by atoms with Gasteiger partial charge in [-0.15, -0.1) is 0 Å². The molecule has 1 unspecified atom stereocenters. The first-order valence-corrected chi connectivity index (χ1v) is 7.21. The number of carbonyl (C=O) groups is 1. The molecule has 0 radical (unpaired) electrons. The highest BCUT2D eigenvalue weighted by Gasteiger charge is 2.30. The summed E-state index contributed by atoms with van der Waals surface area (Å²) in [6, 6.07) is 6.33. The molecule has 4 heteroatoms. The Hall–Kier alpha value is -0.870. The molecule has 0 aliphatic carbocycles. The summed E-state index contributed by atoms with van der Waals surface area (Å²) in [4.78, 5) is 14.2. The van der Waals surface area contributed by atoms with Gasteiger partial charge in [0.15, 0.2) is 0 Å². The average Bonchev–Trinajstić information content (AvgIpc) is 2.90. The van der Waals surface area contributed by atoms with E-state index >= 15 is 0 Å². The SMILES string of the molecule is O=C(C1CCCO1)N1CCc2ccc(Br)cc2C1. The fraction of sp³-hybridized carbons (Fsp3) is 0.500. The maximum Gasteiger partial charge on any atom is 0.252 e. The molecule has 18 heavy (non-hydrogen) atoms. The van der Waals surface area contributed by atoms with Crippen LogP contribution in [0, 0.1) is 0 Å². The highest BCUT2D eigenvalue weighted by molar-refractivity contribution is 9.10. The summed E-state index contributed by atoms with van der Waals surface area (Å²) < 4.78 is 6.56. The van der Waals surface area contributed by atoms with Crippen molar-refractivity contribution in [3.63, 3.8) is 0 Å². The van der Waals surface area contributed by atoms with E-state index in [1.807, 2.05) is 4.90 Å². The van der Waals surface area contributed by atoms with Crippen molar-refractivity contribution in [2.24, 2.45) is 0 Å². The van der Waals surface area contributed by atoms with Gasteiger partial charge < -0.3 is 9.64 Å². The topological polar surface area (TPSA) is 29.5 Å². The summed E-state index contributed by atoms with van der Waals surface area (Å²) in [5, 5.41) is 0. The van der Waals surface area contributed by atoms with Gasteiger partial charge in [-0.3, -0.25) is 4.79 Å². The summed E-state index contributed by atoms with van der Waals surface area (Å²) in [6.07, 6.45) is 2.63. The number of ether oxygens (including phenoxy) is 1. The molecule has 3 nitrogen and oxygen atoms in total. The van der Waals surface area contributed by atoms with Gasteiger partial charge in [0, 0.05) is 24.2 Å². The summed E-state index contributed by atoms with van der Waals surface area (Å²) in [6.45, 7) is 2.26. The van der Waals surface area contributed by atoms with Crippen LogP contribution in [0.1, 0.15) is 24.0 Å². The van der Waals surface area contributed by atoms with E-state index in [1.165, 1.54) is 11.1 Å². The molecule has 0 N–H and O–H groups in total. The summed E-state index contributed by atoms with van der Waals surface area (Å²) >= 11 is 3.49. The first-order valence-electron chi connectivity index (χ1n) is 6.42. The van der Waals surface area contributed by atoms with Crippen LogP contribution in [0.3, 0.4) is 0 Å². The van der Waals surface area contributed by atoms with Gasteiger partial charge >= 0.3 is 0 Å². The summed E-state index contributed by atoms with van der Waals surface area (Å²) in [5.74, 6) is 0.165. The van der Waals surface area contributed by atoms with Crippen molar-refractivity contribution in [3.8, 4) is 0 Å². The first-order chi connectivity index (χ1) is 8.74. The molecule has 0 bridgehead atoms. The first kappa shape index (κ1) is 12.2. The largest absolute Gasteiger partial charge is 0.368 e. The van der Waals surface area contributed by atoms with E-state index < -0.39 is 0 Å². The highest BCUT2D eigenvalue weighted by atomic mass is 79.9. The second-order valence-corrected chi connectivity index (χ2v) is 5.84. The Balaban J connectivity index is 1.75. The lowest BCUT2D eigenvalue weighted by atomic mass is 9.99. The third-order valence-electron chi connectivity index (χ3n) is 3.70. The van der Waals surface area contributed by atoms with Crippen molar-refractivity contribution in [3.05, 3.63) is 33.8 Å². The molecule has 0 aromatic heterocycles. The van der Waals surface area contributed by atoms with Gasteiger partial charge in [-0.25, -0.2) is 0 Å². The minimum Gasteiger partial charge on any atom is -0.368 e. The summed E-state index contributed by atoms with van der Waals surface area (Å²) in [5.41, 5.74) is 2.61. The van der Waals surface area contributed by atoms with Crippen LogP contribution in [0.2, 0.25) is 0 Å². The van der Waals surface area contributed by atoms with Crippen molar-refractivity contribution < 1.29 is 9.53 Å². The number of rotatable bonds is 1. The fourth-order valence-corrected chi connectivity index (χ4v) is 3.10. The molecule has 1 amide bonds. The lowest BCUT2D eigenvalue weighted by Crippen LogP contribution is -2.41. The van der Waals surface area contributed by atoms with Crippen LogP contribution in [0.25, 0.3) is 0 Å². The van der Waals surface area contributed by atoms with Crippen molar-refractivity contribution in [1.29, 1.82) is 0 Å². The van der Waals surface area contributed by atoms with Crippen molar-refractivity contribution in [2.75, 3.05) is 13.2 Å². The van der Waals surface area contributed by atoms with Crippen molar-refractivity contribution >= 4 is 21.8 Å². The standard InChI is InChI=1S/C14H16BrNO2/c15-12-4-3-10-5-6-16(9-11(10)8-12)14(17)13-2-1-7-18-13/h3-4,8,13H,1-2,5-7,9H2. The third kappa shape index (κ3) is 2.31. The van der Waals surface area contributed by atoms with Gasteiger partial charge in [0.1, 0.15) is 6.10 Å². The Bertz CT molecular complexity index is 469. The average molecular weight is 310 g/mol. The minimum absolute atomic E-state index is 0.165. The maximum absolute atomic E-state index is 12.3. The molecule has 1 saturated heterocycles. The zero-order valence-corrected chi connectivity index (χ0v) is 11.8. The predicted molar refractivity (Wildman–Crippen MR) is 72.2 cm³/mol. The zero-order chi connectivity index (χ0) is 12.5. The lowest BCUT2D eigenvalue weighted by Gasteiger charge is -2.30. The smallest absolute Gasteiger partial charge is 0.252 e. The number of nitrogens with zero attached hydrogens (tertiary/aromatic N) is 1. The van der Waals surface area contributed by atoms with Crippen LogP contribution in [-0.4, -0.2) is 30.1 Å². The molecular formula is C14H16BrNO2. The van der Waals surface area contributed by atoms with Gasteiger partial charge in [-0.05, 0) is 42.5 Å². The van der Waals surface area contributed by atoms with Crippen LogP contribution >= 0.6 is 15.9 Å².